The van der Waals surface area contributed by atoms with E-state index in [1.54, 1.807) is 36.1 Å². The Morgan fingerprint density at radius 2 is 2.41 bits per heavy atom. The van der Waals surface area contributed by atoms with Crippen LogP contribution in [0.2, 0.25) is 0 Å². The quantitative estimate of drug-likeness (QED) is 0.706. The number of nitrogens with two attached hydrogens (primary N) is 1. The summed E-state index contributed by atoms with van der Waals surface area (Å²) in [5.41, 5.74) is 6.59. The number of hydrogen-bond donors (Lipinski definition) is 1. The summed E-state index contributed by atoms with van der Waals surface area (Å²) >= 11 is 0. The molecule has 17 heavy (non-hydrogen) atoms. The SMILES string of the molecule is CCOCCN(C)C(=O)C(N)c1cnn(C)c1. The van der Waals surface area contributed by atoms with Gasteiger partial charge in [0.05, 0.1) is 12.8 Å². The minimum absolute atomic E-state index is 0.127. The van der Waals surface area contributed by atoms with E-state index in [9.17, 15) is 4.79 Å². The van der Waals surface area contributed by atoms with Crippen molar-refractivity contribution in [3.8, 4) is 0 Å². The Kier molecular flexibility index (Phi) is 5.11. The van der Waals surface area contributed by atoms with Crippen molar-refractivity contribution in [1.82, 2.24) is 14.7 Å². The van der Waals surface area contributed by atoms with Crippen molar-refractivity contribution < 1.29 is 9.53 Å². The second-order valence-electron chi connectivity index (χ2n) is 3.88. The molecule has 2 N–H and O–H groups in total. The second-order valence-corrected chi connectivity index (χ2v) is 3.88. The predicted molar refractivity (Wildman–Crippen MR) is 64.3 cm³/mol. The third kappa shape index (κ3) is 3.83. The van der Waals surface area contributed by atoms with Gasteiger partial charge in [-0.25, -0.2) is 0 Å². The van der Waals surface area contributed by atoms with Crippen molar-refractivity contribution in [3.05, 3.63) is 18.0 Å². The third-order valence-corrected chi connectivity index (χ3v) is 2.50. The number of aryl methyl sites for hydroxylation is 1. The van der Waals surface area contributed by atoms with Crippen LogP contribution in [0.15, 0.2) is 12.4 Å². The fourth-order valence-electron chi connectivity index (χ4n) is 1.44. The van der Waals surface area contributed by atoms with Gasteiger partial charge in [0.2, 0.25) is 5.91 Å². The van der Waals surface area contributed by atoms with Crippen LogP contribution in [-0.4, -0.2) is 47.4 Å². The molecule has 0 aromatic carbocycles. The minimum atomic E-state index is -0.657. The maximum atomic E-state index is 12.0. The lowest BCUT2D eigenvalue weighted by Gasteiger charge is -2.20. The Labute approximate surface area is 101 Å². The molecule has 1 aromatic heterocycles. The highest BCUT2D eigenvalue weighted by molar-refractivity contribution is 5.82. The van der Waals surface area contributed by atoms with E-state index in [0.29, 0.717) is 19.8 Å². The van der Waals surface area contributed by atoms with Crippen LogP contribution in [0.5, 0.6) is 0 Å². The first-order chi connectivity index (χ1) is 8.06. The summed E-state index contributed by atoms with van der Waals surface area (Å²) < 4.78 is 6.82. The smallest absolute Gasteiger partial charge is 0.244 e. The zero-order valence-corrected chi connectivity index (χ0v) is 10.6. The highest BCUT2D eigenvalue weighted by Gasteiger charge is 2.20. The zero-order chi connectivity index (χ0) is 12.8. The monoisotopic (exact) mass is 240 g/mol. The molecule has 1 heterocycles. The van der Waals surface area contributed by atoms with Crippen molar-refractivity contribution in [1.29, 1.82) is 0 Å². The standard InChI is InChI=1S/C11H20N4O2/c1-4-17-6-5-14(2)11(16)10(12)9-7-13-15(3)8-9/h7-8,10H,4-6,12H2,1-3H3. The van der Waals surface area contributed by atoms with E-state index in [2.05, 4.69) is 5.10 Å². The lowest BCUT2D eigenvalue weighted by Crippen LogP contribution is -2.37. The first kappa shape index (κ1) is 13.7. The van der Waals surface area contributed by atoms with Gasteiger partial charge in [-0.3, -0.25) is 9.48 Å². The number of carbonyl (C=O) groups excluding carboxylic acids is 1. The summed E-state index contributed by atoms with van der Waals surface area (Å²) in [6, 6.07) is -0.657. The van der Waals surface area contributed by atoms with Gasteiger partial charge in [0.1, 0.15) is 6.04 Å². The molecule has 0 aliphatic heterocycles. The van der Waals surface area contributed by atoms with Gasteiger partial charge in [0, 0.05) is 39.0 Å². The third-order valence-electron chi connectivity index (χ3n) is 2.50. The number of carbonyl (C=O) groups is 1. The van der Waals surface area contributed by atoms with Gasteiger partial charge >= 0.3 is 0 Å². The Morgan fingerprint density at radius 3 is 2.94 bits per heavy atom. The van der Waals surface area contributed by atoms with Crippen molar-refractivity contribution >= 4 is 5.91 Å². The van der Waals surface area contributed by atoms with Gasteiger partial charge < -0.3 is 15.4 Å². The molecule has 0 fully saturated rings. The van der Waals surface area contributed by atoms with E-state index in [1.165, 1.54) is 0 Å². The second kappa shape index (κ2) is 6.36. The maximum absolute atomic E-state index is 12.0. The van der Waals surface area contributed by atoms with E-state index < -0.39 is 6.04 Å². The normalized spacial score (nSPS) is 12.5. The molecule has 1 atom stereocenters. The van der Waals surface area contributed by atoms with Crippen LogP contribution in [0.4, 0.5) is 0 Å². The van der Waals surface area contributed by atoms with Crippen molar-refractivity contribution in [2.45, 2.75) is 13.0 Å². The molecular weight excluding hydrogens is 220 g/mol. The van der Waals surface area contributed by atoms with Crippen LogP contribution in [0.1, 0.15) is 18.5 Å². The topological polar surface area (TPSA) is 73.4 Å². The molecule has 0 aliphatic carbocycles. The lowest BCUT2D eigenvalue weighted by atomic mass is 10.1. The van der Waals surface area contributed by atoms with Gasteiger partial charge in [-0.05, 0) is 6.92 Å². The highest BCUT2D eigenvalue weighted by atomic mass is 16.5. The fraction of sp³-hybridized carbons (Fsp3) is 0.636. The lowest BCUT2D eigenvalue weighted by molar-refractivity contribution is -0.132. The van der Waals surface area contributed by atoms with E-state index in [4.69, 9.17) is 10.5 Å². The van der Waals surface area contributed by atoms with Gasteiger partial charge in [-0.1, -0.05) is 0 Å². The molecule has 1 amide bonds. The van der Waals surface area contributed by atoms with E-state index in [1.807, 2.05) is 6.92 Å². The Hall–Kier alpha value is -1.40. The molecule has 0 bridgehead atoms. The molecule has 0 aliphatic rings. The Morgan fingerprint density at radius 1 is 1.71 bits per heavy atom. The summed E-state index contributed by atoms with van der Waals surface area (Å²) in [5, 5.41) is 4.00. The van der Waals surface area contributed by atoms with E-state index in [0.717, 1.165) is 5.56 Å². The first-order valence-electron chi connectivity index (χ1n) is 5.63. The number of ether oxygens (including phenoxy) is 1. The molecule has 6 nitrogen and oxygen atoms in total. The van der Waals surface area contributed by atoms with Crippen LogP contribution in [0.25, 0.3) is 0 Å². The van der Waals surface area contributed by atoms with Gasteiger partial charge in [-0.2, -0.15) is 5.10 Å². The zero-order valence-electron chi connectivity index (χ0n) is 10.6. The summed E-state index contributed by atoms with van der Waals surface area (Å²) in [5.74, 6) is -0.127. The molecule has 6 heteroatoms. The first-order valence-corrected chi connectivity index (χ1v) is 5.63. The van der Waals surface area contributed by atoms with Gasteiger partial charge in [-0.15, -0.1) is 0 Å². The molecule has 1 rings (SSSR count). The van der Waals surface area contributed by atoms with Crippen molar-refractivity contribution in [3.63, 3.8) is 0 Å². The molecule has 1 unspecified atom stereocenters. The van der Waals surface area contributed by atoms with Gasteiger partial charge in [0.25, 0.3) is 0 Å². The number of aromatic nitrogens is 2. The summed E-state index contributed by atoms with van der Waals surface area (Å²) in [7, 11) is 3.51. The molecule has 0 radical (unpaired) electrons. The molecule has 0 saturated heterocycles. The van der Waals surface area contributed by atoms with Crippen LogP contribution in [0, 0.1) is 0 Å². The van der Waals surface area contributed by atoms with Crippen LogP contribution in [0.3, 0.4) is 0 Å². The number of amides is 1. The Balaban J connectivity index is 2.51. The molecule has 0 spiro atoms. The van der Waals surface area contributed by atoms with Crippen molar-refractivity contribution in [2.24, 2.45) is 12.8 Å². The van der Waals surface area contributed by atoms with Crippen molar-refractivity contribution in [2.75, 3.05) is 26.8 Å². The molecular formula is C11H20N4O2. The average molecular weight is 240 g/mol. The minimum Gasteiger partial charge on any atom is -0.380 e. The Bertz CT molecular complexity index is 364. The maximum Gasteiger partial charge on any atom is 0.244 e. The number of likely N-dealkylation sites (N-methyl/N-ethyl adjacent to an activating group) is 1. The molecule has 96 valence electrons. The molecule has 1 aromatic rings. The fourth-order valence-corrected chi connectivity index (χ4v) is 1.44. The van der Waals surface area contributed by atoms with Crippen LogP contribution < -0.4 is 5.73 Å². The number of nitrogens with zero attached hydrogens (tertiary/aromatic N) is 3. The summed E-state index contributed by atoms with van der Waals surface area (Å²) in [4.78, 5) is 13.5. The van der Waals surface area contributed by atoms with Crippen LogP contribution >= 0.6 is 0 Å². The average Bonchev–Trinajstić information content (AvgIpc) is 2.74. The number of rotatable bonds is 6. The van der Waals surface area contributed by atoms with Crippen LogP contribution in [-0.2, 0) is 16.6 Å². The van der Waals surface area contributed by atoms with E-state index in [-0.39, 0.29) is 5.91 Å². The molecule has 0 saturated carbocycles. The summed E-state index contributed by atoms with van der Waals surface area (Å²) in [6.07, 6.45) is 3.36. The number of hydrogen-bond acceptors (Lipinski definition) is 4. The largest absolute Gasteiger partial charge is 0.380 e. The summed E-state index contributed by atoms with van der Waals surface area (Å²) in [6.45, 7) is 3.64. The predicted octanol–water partition coefficient (Wildman–Crippen LogP) is -0.0852. The van der Waals surface area contributed by atoms with Gasteiger partial charge in [0.15, 0.2) is 0 Å². The van der Waals surface area contributed by atoms with E-state index >= 15 is 0 Å². The highest BCUT2D eigenvalue weighted by Crippen LogP contribution is 2.10.